The predicted molar refractivity (Wildman–Crippen MR) is 40.2 cm³/mol. The van der Waals surface area contributed by atoms with Crippen molar-refractivity contribution in [3.8, 4) is 11.5 Å². The number of aromatic hydroxyl groups is 1. The van der Waals surface area contributed by atoms with E-state index in [2.05, 4.69) is 20.9 Å². The SMILES string of the molecule is COc1cncc(O)c1Br. The summed E-state index contributed by atoms with van der Waals surface area (Å²) in [7, 11) is 1.52. The fraction of sp³-hybridized carbons (Fsp3) is 0.167. The lowest BCUT2D eigenvalue weighted by atomic mass is 10.4. The van der Waals surface area contributed by atoms with Gasteiger partial charge in [0.1, 0.15) is 4.47 Å². The van der Waals surface area contributed by atoms with E-state index in [1.165, 1.54) is 19.5 Å². The fourth-order valence-corrected chi connectivity index (χ4v) is 0.924. The largest absolute Gasteiger partial charge is 0.505 e. The number of ether oxygens (including phenoxy) is 1. The molecule has 0 amide bonds. The highest BCUT2D eigenvalue weighted by atomic mass is 79.9. The minimum atomic E-state index is 0.0827. The molecule has 10 heavy (non-hydrogen) atoms. The van der Waals surface area contributed by atoms with Gasteiger partial charge < -0.3 is 9.84 Å². The Bertz CT molecular complexity index is 239. The van der Waals surface area contributed by atoms with Crippen molar-refractivity contribution in [2.24, 2.45) is 0 Å². The van der Waals surface area contributed by atoms with E-state index in [-0.39, 0.29) is 5.75 Å². The van der Waals surface area contributed by atoms with Crippen molar-refractivity contribution in [2.45, 2.75) is 0 Å². The summed E-state index contributed by atoms with van der Waals surface area (Å²) in [4.78, 5) is 3.71. The first-order valence-corrected chi connectivity index (χ1v) is 3.41. The Labute approximate surface area is 66.8 Å². The number of rotatable bonds is 1. The first-order valence-electron chi connectivity index (χ1n) is 2.62. The number of halogens is 1. The Morgan fingerprint density at radius 2 is 2.30 bits per heavy atom. The molecule has 1 aromatic rings. The van der Waals surface area contributed by atoms with Gasteiger partial charge in [0.15, 0.2) is 11.5 Å². The number of pyridine rings is 1. The highest BCUT2D eigenvalue weighted by molar-refractivity contribution is 9.10. The molecule has 4 heteroatoms. The summed E-state index contributed by atoms with van der Waals surface area (Å²) in [6.45, 7) is 0. The Hall–Kier alpha value is -0.770. The van der Waals surface area contributed by atoms with Crippen LogP contribution >= 0.6 is 15.9 Å². The van der Waals surface area contributed by atoms with Crippen LogP contribution in [-0.4, -0.2) is 17.2 Å². The molecule has 0 spiro atoms. The first-order chi connectivity index (χ1) is 4.75. The van der Waals surface area contributed by atoms with Crippen molar-refractivity contribution in [2.75, 3.05) is 7.11 Å². The van der Waals surface area contributed by atoms with Crippen LogP contribution in [0.5, 0.6) is 11.5 Å². The summed E-state index contributed by atoms with van der Waals surface area (Å²) in [5.74, 6) is 0.611. The molecule has 54 valence electrons. The molecule has 0 fully saturated rings. The smallest absolute Gasteiger partial charge is 0.155 e. The van der Waals surface area contributed by atoms with Crippen molar-refractivity contribution in [1.82, 2.24) is 4.98 Å². The van der Waals surface area contributed by atoms with Crippen LogP contribution in [0, 0.1) is 0 Å². The van der Waals surface area contributed by atoms with Gasteiger partial charge in [-0.1, -0.05) is 0 Å². The zero-order chi connectivity index (χ0) is 7.56. The maximum atomic E-state index is 9.04. The maximum absolute atomic E-state index is 9.04. The van der Waals surface area contributed by atoms with Crippen LogP contribution in [0.3, 0.4) is 0 Å². The number of hydrogen-bond donors (Lipinski definition) is 1. The third-order valence-corrected chi connectivity index (χ3v) is 1.85. The Kier molecular flexibility index (Phi) is 2.11. The normalized spacial score (nSPS) is 9.40. The molecule has 0 unspecified atom stereocenters. The molecule has 0 saturated carbocycles. The summed E-state index contributed by atoms with van der Waals surface area (Å²) in [5.41, 5.74) is 0. The second-order valence-electron chi connectivity index (χ2n) is 1.67. The van der Waals surface area contributed by atoms with Crippen LogP contribution < -0.4 is 4.74 Å². The third-order valence-electron chi connectivity index (χ3n) is 1.05. The summed E-state index contributed by atoms with van der Waals surface area (Å²) in [6, 6.07) is 0. The lowest BCUT2D eigenvalue weighted by molar-refractivity contribution is 0.400. The van der Waals surface area contributed by atoms with E-state index in [0.29, 0.717) is 10.2 Å². The van der Waals surface area contributed by atoms with Crippen LogP contribution in [0.15, 0.2) is 16.9 Å². The Morgan fingerprint density at radius 3 is 2.80 bits per heavy atom. The monoisotopic (exact) mass is 203 g/mol. The van der Waals surface area contributed by atoms with Gasteiger partial charge in [-0.25, -0.2) is 0 Å². The van der Waals surface area contributed by atoms with Crippen LogP contribution in [-0.2, 0) is 0 Å². The van der Waals surface area contributed by atoms with Gasteiger partial charge in [-0.15, -0.1) is 0 Å². The molecule has 0 aliphatic heterocycles. The molecule has 0 atom stereocenters. The number of aromatic nitrogens is 1. The van der Waals surface area contributed by atoms with E-state index in [1.54, 1.807) is 0 Å². The zero-order valence-corrected chi connectivity index (χ0v) is 6.92. The highest BCUT2D eigenvalue weighted by Gasteiger charge is 2.03. The van der Waals surface area contributed by atoms with E-state index >= 15 is 0 Å². The summed E-state index contributed by atoms with van der Waals surface area (Å²) >= 11 is 3.13. The quantitative estimate of drug-likeness (QED) is 0.754. The van der Waals surface area contributed by atoms with E-state index in [4.69, 9.17) is 9.84 Å². The second-order valence-corrected chi connectivity index (χ2v) is 2.47. The molecule has 0 aliphatic rings. The summed E-state index contributed by atoms with van der Waals surface area (Å²) in [6.07, 6.45) is 2.86. The van der Waals surface area contributed by atoms with E-state index in [0.717, 1.165) is 0 Å². The van der Waals surface area contributed by atoms with Gasteiger partial charge >= 0.3 is 0 Å². The molecule has 0 saturated heterocycles. The van der Waals surface area contributed by atoms with Gasteiger partial charge in [-0.05, 0) is 15.9 Å². The molecule has 0 radical (unpaired) electrons. The van der Waals surface area contributed by atoms with Crippen LogP contribution in [0.25, 0.3) is 0 Å². The number of hydrogen-bond acceptors (Lipinski definition) is 3. The second kappa shape index (κ2) is 2.88. The molecule has 3 nitrogen and oxygen atoms in total. The Balaban J connectivity index is 3.14. The highest BCUT2D eigenvalue weighted by Crippen LogP contribution is 2.31. The Morgan fingerprint density at radius 1 is 1.60 bits per heavy atom. The molecule has 1 aromatic heterocycles. The number of methoxy groups -OCH3 is 1. The molecule has 0 aliphatic carbocycles. The maximum Gasteiger partial charge on any atom is 0.155 e. The van der Waals surface area contributed by atoms with Gasteiger partial charge in [0.2, 0.25) is 0 Å². The minimum Gasteiger partial charge on any atom is -0.505 e. The van der Waals surface area contributed by atoms with Crippen LogP contribution in [0.4, 0.5) is 0 Å². The van der Waals surface area contributed by atoms with E-state index in [9.17, 15) is 0 Å². The summed E-state index contributed by atoms with van der Waals surface area (Å²) < 4.78 is 5.39. The van der Waals surface area contributed by atoms with Crippen LogP contribution in [0.2, 0.25) is 0 Å². The van der Waals surface area contributed by atoms with Gasteiger partial charge in [0.05, 0.1) is 19.5 Å². The molecular weight excluding hydrogens is 198 g/mol. The molecule has 1 heterocycles. The molecule has 0 bridgehead atoms. The van der Waals surface area contributed by atoms with Crippen molar-refractivity contribution in [1.29, 1.82) is 0 Å². The van der Waals surface area contributed by atoms with Crippen molar-refractivity contribution in [3.63, 3.8) is 0 Å². The van der Waals surface area contributed by atoms with Gasteiger partial charge in [0, 0.05) is 0 Å². The van der Waals surface area contributed by atoms with Crippen LogP contribution in [0.1, 0.15) is 0 Å². The van der Waals surface area contributed by atoms with E-state index in [1.807, 2.05) is 0 Å². The molecule has 1 rings (SSSR count). The van der Waals surface area contributed by atoms with Crippen molar-refractivity contribution < 1.29 is 9.84 Å². The van der Waals surface area contributed by atoms with Gasteiger partial charge in [-0.3, -0.25) is 4.98 Å². The molecular formula is C6H6BrNO2. The minimum absolute atomic E-state index is 0.0827. The average Bonchev–Trinajstić information content (AvgIpc) is 1.95. The predicted octanol–water partition coefficient (Wildman–Crippen LogP) is 1.56. The lowest BCUT2D eigenvalue weighted by Crippen LogP contribution is -1.85. The average molecular weight is 204 g/mol. The summed E-state index contributed by atoms with van der Waals surface area (Å²) in [5, 5.41) is 9.04. The number of nitrogens with zero attached hydrogens (tertiary/aromatic N) is 1. The molecule has 1 N–H and O–H groups in total. The van der Waals surface area contributed by atoms with E-state index < -0.39 is 0 Å². The van der Waals surface area contributed by atoms with Gasteiger partial charge in [0.25, 0.3) is 0 Å². The van der Waals surface area contributed by atoms with Gasteiger partial charge in [-0.2, -0.15) is 0 Å². The fourth-order valence-electron chi connectivity index (χ4n) is 0.557. The third kappa shape index (κ3) is 1.21. The molecule has 0 aromatic carbocycles. The first kappa shape index (κ1) is 7.34. The van der Waals surface area contributed by atoms with Crippen molar-refractivity contribution >= 4 is 15.9 Å². The zero-order valence-electron chi connectivity index (χ0n) is 5.34. The topological polar surface area (TPSA) is 42.4 Å². The standard InChI is InChI=1S/C6H6BrNO2/c1-10-5-3-8-2-4(9)6(5)7/h2-3,9H,1H3. The lowest BCUT2D eigenvalue weighted by Gasteiger charge is -2.01. The van der Waals surface area contributed by atoms with Crippen molar-refractivity contribution in [3.05, 3.63) is 16.9 Å².